The van der Waals surface area contributed by atoms with Crippen molar-refractivity contribution in [2.45, 2.75) is 13.0 Å². The lowest BCUT2D eigenvalue weighted by Crippen LogP contribution is -2.29. The fourth-order valence-corrected chi connectivity index (χ4v) is 1.58. The Hall–Kier alpha value is -2.31. The number of nitrogens with zero attached hydrogens (tertiary/aromatic N) is 3. The Labute approximate surface area is 98.0 Å². The van der Waals surface area contributed by atoms with Crippen LogP contribution in [-0.2, 0) is 7.05 Å². The van der Waals surface area contributed by atoms with E-state index >= 15 is 0 Å². The summed E-state index contributed by atoms with van der Waals surface area (Å²) in [6, 6.07) is -0.216. The number of rotatable bonds is 3. The maximum absolute atomic E-state index is 12.0. The number of amides is 1. The van der Waals surface area contributed by atoms with Gasteiger partial charge in [-0.05, 0) is 6.92 Å². The molecule has 4 N–H and O–H groups in total. The van der Waals surface area contributed by atoms with Crippen molar-refractivity contribution in [3.05, 3.63) is 30.1 Å². The number of nitrogens with one attached hydrogen (secondary N) is 2. The molecule has 1 unspecified atom stereocenters. The molecule has 1 atom stereocenters. The minimum atomic E-state index is -0.272. The topological polar surface area (TPSA) is 102 Å². The highest BCUT2D eigenvalue weighted by Gasteiger charge is 2.18. The van der Waals surface area contributed by atoms with E-state index in [1.54, 1.807) is 19.4 Å². The second kappa shape index (κ2) is 4.28. The molecule has 7 nitrogen and oxygen atoms in total. The molecule has 2 aromatic rings. The van der Waals surface area contributed by atoms with Gasteiger partial charge in [0.2, 0.25) is 0 Å². The smallest absolute Gasteiger partial charge is 0.272 e. The predicted octanol–water partition coefficient (Wildman–Crippen LogP) is 0.216. The fourth-order valence-electron chi connectivity index (χ4n) is 1.58. The predicted molar refractivity (Wildman–Crippen MR) is 62.1 cm³/mol. The molecule has 0 aliphatic rings. The van der Waals surface area contributed by atoms with Gasteiger partial charge in [0.1, 0.15) is 11.5 Å². The second-order valence-corrected chi connectivity index (χ2v) is 3.74. The van der Waals surface area contributed by atoms with E-state index in [9.17, 15) is 4.79 Å². The third kappa shape index (κ3) is 2.12. The molecule has 1 amide bonds. The highest BCUT2D eigenvalue weighted by atomic mass is 16.2. The Morgan fingerprint density at radius 3 is 2.94 bits per heavy atom. The Morgan fingerprint density at radius 2 is 2.41 bits per heavy atom. The number of nitrogen functional groups attached to an aromatic ring is 1. The molecule has 2 aromatic heterocycles. The summed E-state index contributed by atoms with van der Waals surface area (Å²) < 4.78 is 1.44. The van der Waals surface area contributed by atoms with Gasteiger partial charge in [0, 0.05) is 19.4 Å². The number of hydrogen-bond donors (Lipinski definition) is 3. The van der Waals surface area contributed by atoms with E-state index in [1.165, 1.54) is 10.9 Å². The normalized spacial score (nSPS) is 12.4. The summed E-state index contributed by atoms with van der Waals surface area (Å²) in [4.78, 5) is 19.0. The Bertz CT molecular complexity index is 495. The zero-order chi connectivity index (χ0) is 12.4. The number of nitrogens with two attached hydrogens (primary N) is 1. The van der Waals surface area contributed by atoms with Gasteiger partial charge in [-0.2, -0.15) is 5.10 Å². The quantitative estimate of drug-likeness (QED) is 0.706. The number of H-pyrrole nitrogens is 1. The minimum absolute atomic E-state index is 0.216. The lowest BCUT2D eigenvalue weighted by Gasteiger charge is -2.11. The van der Waals surface area contributed by atoms with E-state index in [-0.39, 0.29) is 11.9 Å². The molecule has 2 rings (SSSR count). The van der Waals surface area contributed by atoms with Crippen molar-refractivity contribution in [1.29, 1.82) is 0 Å². The number of anilines is 1. The lowest BCUT2D eigenvalue weighted by atomic mass is 10.3. The minimum Gasteiger partial charge on any atom is -0.396 e. The molecular formula is C10H14N6O. The molecule has 0 aliphatic carbocycles. The zero-order valence-electron chi connectivity index (χ0n) is 9.64. The van der Waals surface area contributed by atoms with Gasteiger partial charge in [0.25, 0.3) is 5.91 Å². The molecule has 2 heterocycles. The number of carbonyl (C=O) groups excluding carboxylic acids is 1. The SMILES string of the molecule is CC(NC(=O)c1c(N)cnn1C)c1ncc[nH]1. The van der Waals surface area contributed by atoms with E-state index in [1.807, 2.05) is 6.92 Å². The van der Waals surface area contributed by atoms with Crippen LogP contribution in [0.5, 0.6) is 0 Å². The van der Waals surface area contributed by atoms with Crippen LogP contribution in [0, 0.1) is 0 Å². The van der Waals surface area contributed by atoms with Crippen LogP contribution in [0.2, 0.25) is 0 Å². The summed E-state index contributed by atoms with van der Waals surface area (Å²) in [6.45, 7) is 1.84. The van der Waals surface area contributed by atoms with Gasteiger partial charge >= 0.3 is 0 Å². The highest BCUT2D eigenvalue weighted by molar-refractivity contribution is 5.97. The zero-order valence-corrected chi connectivity index (χ0v) is 9.64. The Kier molecular flexibility index (Phi) is 2.82. The molecule has 0 aromatic carbocycles. The molecule has 0 radical (unpaired) electrons. The number of hydrogen-bond acceptors (Lipinski definition) is 4. The molecular weight excluding hydrogens is 220 g/mol. The lowest BCUT2D eigenvalue weighted by molar-refractivity contribution is 0.0930. The summed E-state index contributed by atoms with van der Waals surface area (Å²) in [7, 11) is 1.67. The molecule has 7 heteroatoms. The molecule has 0 aliphatic heterocycles. The first-order valence-corrected chi connectivity index (χ1v) is 5.17. The van der Waals surface area contributed by atoms with Crippen molar-refractivity contribution in [3.8, 4) is 0 Å². The average molecular weight is 234 g/mol. The molecule has 0 fully saturated rings. The maximum atomic E-state index is 12.0. The van der Waals surface area contributed by atoms with Crippen molar-refractivity contribution in [1.82, 2.24) is 25.1 Å². The standard InChI is InChI=1S/C10H14N6O/c1-6(9-12-3-4-13-9)15-10(17)8-7(11)5-14-16(8)2/h3-6H,11H2,1-2H3,(H,12,13)(H,15,17). The third-order valence-electron chi connectivity index (χ3n) is 2.46. The van der Waals surface area contributed by atoms with Crippen molar-refractivity contribution < 1.29 is 4.79 Å². The van der Waals surface area contributed by atoms with Crippen LogP contribution in [0.25, 0.3) is 0 Å². The van der Waals surface area contributed by atoms with E-state index < -0.39 is 0 Å². The summed E-state index contributed by atoms with van der Waals surface area (Å²) in [6.07, 6.45) is 4.79. The van der Waals surface area contributed by atoms with Gasteiger partial charge in [0.15, 0.2) is 0 Å². The van der Waals surface area contributed by atoms with Gasteiger partial charge in [-0.15, -0.1) is 0 Å². The summed E-state index contributed by atoms with van der Waals surface area (Å²) in [5.41, 5.74) is 6.38. The number of imidazole rings is 1. The van der Waals surface area contributed by atoms with Crippen molar-refractivity contribution >= 4 is 11.6 Å². The van der Waals surface area contributed by atoms with Crippen molar-refractivity contribution in [2.24, 2.45) is 7.05 Å². The van der Waals surface area contributed by atoms with E-state index in [4.69, 9.17) is 5.73 Å². The van der Waals surface area contributed by atoms with Crippen LogP contribution in [0.1, 0.15) is 29.3 Å². The molecule has 0 saturated carbocycles. The number of aromatic amines is 1. The number of aryl methyl sites for hydroxylation is 1. The van der Waals surface area contributed by atoms with E-state index in [0.717, 1.165) is 0 Å². The second-order valence-electron chi connectivity index (χ2n) is 3.74. The van der Waals surface area contributed by atoms with Gasteiger partial charge < -0.3 is 16.0 Å². The monoisotopic (exact) mass is 234 g/mol. The Balaban J connectivity index is 2.12. The molecule has 0 saturated heterocycles. The first-order valence-electron chi connectivity index (χ1n) is 5.17. The molecule has 0 spiro atoms. The number of carbonyl (C=O) groups is 1. The molecule has 0 bridgehead atoms. The van der Waals surface area contributed by atoms with Crippen LogP contribution in [-0.4, -0.2) is 25.7 Å². The van der Waals surface area contributed by atoms with Crippen LogP contribution in [0.4, 0.5) is 5.69 Å². The molecule has 90 valence electrons. The van der Waals surface area contributed by atoms with Crippen LogP contribution < -0.4 is 11.1 Å². The van der Waals surface area contributed by atoms with Crippen molar-refractivity contribution in [3.63, 3.8) is 0 Å². The van der Waals surface area contributed by atoms with Gasteiger partial charge in [-0.3, -0.25) is 9.48 Å². The maximum Gasteiger partial charge on any atom is 0.272 e. The summed E-state index contributed by atoms with van der Waals surface area (Å²) >= 11 is 0. The average Bonchev–Trinajstić information content (AvgIpc) is 2.88. The number of aromatic nitrogens is 4. The largest absolute Gasteiger partial charge is 0.396 e. The molecule has 17 heavy (non-hydrogen) atoms. The first-order chi connectivity index (χ1) is 8.09. The third-order valence-corrected chi connectivity index (χ3v) is 2.46. The first kappa shape index (κ1) is 11.2. The van der Waals surface area contributed by atoms with Crippen LogP contribution in [0.3, 0.4) is 0 Å². The highest BCUT2D eigenvalue weighted by Crippen LogP contribution is 2.12. The van der Waals surface area contributed by atoms with E-state index in [2.05, 4.69) is 20.4 Å². The summed E-state index contributed by atoms with van der Waals surface area (Å²) in [5, 5.41) is 6.71. The van der Waals surface area contributed by atoms with Crippen LogP contribution >= 0.6 is 0 Å². The van der Waals surface area contributed by atoms with Gasteiger partial charge in [-0.1, -0.05) is 0 Å². The van der Waals surface area contributed by atoms with Gasteiger partial charge in [0.05, 0.1) is 17.9 Å². The Morgan fingerprint density at radius 1 is 1.65 bits per heavy atom. The van der Waals surface area contributed by atoms with Crippen molar-refractivity contribution in [2.75, 3.05) is 5.73 Å². The van der Waals surface area contributed by atoms with E-state index in [0.29, 0.717) is 17.2 Å². The fraction of sp³-hybridized carbons (Fsp3) is 0.300. The van der Waals surface area contributed by atoms with Crippen LogP contribution in [0.15, 0.2) is 18.6 Å². The summed E-state index contributed by atoms with van der Waals surface area (Å²) in [5.74, 6) is 0.422. The van der Waals surface area contributed by atoms with Gasteiger partial charge in [-0.25, -0.2) is 4.98 Å².